The van der Waals surface area contributed by atoms with Crippen molar-refractivity contribution >= 4 is 22.2 Å². The van der Waals surface area contributed by atoms with Gasteiger partial charge >= 0.3 is 0 Å². The highest BCUT2D eigenvalue weighted by Crippen LogP contribution is 2.15. The van der Waals surface area contributed by atoms with Crippen LogP contribution in [0.4, 0.5) is 0 Å². The van der Waals surface area contributed by atoms with Gasteiger partial charge in [-0.15, -0.1) is 11.3 Å². The number of aryl methyl sites for hydroxylation is 1. The van der Waals surface area contributed by atoms with Gasteiger partial charge in [0.1, 0.15) is 0 Å². The molecule has 0 bridgehead atoms. The molecule has 0 aliphatic carbocycles. The van der Waals surface area contributed by atoms with Crippen LogP contribution in [0.2, 0.25) is 0 Å². The van der Waals surface area contributed by atoms with Gasteiger partial charge in [0, 0.05) is 67.8 Å². The summed E-state index contributed by atoms with van der Waals surface area (Å²) < 4.78 is 3.41. The van der Waals surface area contributed by atoms with Crippen molar-refractivity contribution in [2.75, 3.05) is 26.2 Å². The quantitative estimate of drug-likeness (QED) is 0.492. The lowest BCUT2D eigenvalue weighted by Gasteiger charge is -2.34. The van der Waals surface area contributed by atoms with Crippen molar-refractivity contribution in [1.82, 2.24) is 29.0 Å². The van der Waals surface area contributed by atoms with Gasteiger partial charge < -0.3 is 4.90 Å². The molecule has 0 unspecified atom stereocenters. The van der Waals surface area contributed by atoms with Crippen LogP contribution in [-0.2, 0) is 6.54 Å². The lowest BCUT2D eigenvalue weighted by atomic mass is 10.1. The van der Waals surface area contributed by atoms with Crippen LogP contribution in [0.1, 0.15) is 21.7 Å². The largest absolute Gasteiger partial charge is 0.336 e. The van der Waals surface area contributed by atoms with E-state index in [0.717, 1.165) is 30.2 Å². The van der Waals surface area contributed by atoms with Crippen LogP contribution in [0, 0.1) is 6.92 Å². The third-order valence-corrected chi connectivity index (χ3v) is 6.35. The summed E-state index contributed by atoms with van der Waals surface area (Å²) in [6.45, 7) is 5.42. The van der Waals surface area contributed by atoms with Crippen molar-refractivity contribution < 1.29 is 4.79 Å². The maximum absolute atomic E-state index is 12.9. The maximum Gasteiger partial charge on any atom is 0.258 e. The molecule has 0 saturated carbocycles. The monoisotopic (exact) mass is 434 g/mol. The average molecular weight is 435 g/mol. The first-order chi connectivity index (χ1) is 15.1. The summed E-state index contributed by atoms with van der Waals surface area (Å²) in [7, 11) is 0. The van der Waals surface area contributed by atoms with Crippen molar-refractivity contribution in [2.24, 2.45) is 0 Å². The predicted molar refractivity (Wildman–Crippen MR) is 119 cm³/mol. The van der Waals surface area contributed by atoms with Crippen LogP contribution in [0.3, 0.4) is 0 Å². The number of piperazine rings is 1. The number of thiazole rings is 1. The molecule has 1 aliphatic heterocycles. The van der Waals surface area contributed by atoms with Crippen LogP contribution in [0.25, 0.3) is 10.6 Å². The van der Waals surface area contributed by atoms with Crippen molar-refractivity contribution in [1.29, 1.82) is 0 Å². The molecule has 4 aromatic rings. The Morgan fingerprint density at radius 1 is 1.10 bits per heavy atom. The number of nitrogens with zero attached hydrogens (tertiary/aromatic N) is 6. The van der Waals surface area contributed by atoms with Gasteiger partial charge in [-0.3, -0.25) is 18.9 Å². The number of hydrogen-bond acceptors (Lipinski definition) is 6. The zero-order valence-corrected chi connectivity index (χ0v) is 18.0. The zero-order chi connectivity index (χ0) is 21.4. The Hall–Kier alpha value is -3.30. The fourth-order valence-corrected chi connectivity index (χ4v) is 4.61. The van der Waals surface area contributed by atoms with Gasteiger partial charge in [-0.05, 0) is 37.3 Å². The lowest BCUT2D eigenvalue weighted by molar-refractivity contribution is 0.0627. The topological polar surface area (TPSA) is 75.7 Å². The second-order valence-corrected chi connectivity index (χ2v) is 8.51. The van der Waals surface area contributed by atoms with Crippen LogP contribution in [0.15, 0.2) is 59.0 Å². The first kappa shape index (κ1) is 19.7. The third kappa shape index (κ3) is 3.89. The number of fused-ring (bicyclic) bond motifs is 1. The number of hydrogen-bond donors (Lipinski definition) is 0. The van der Waals surface area contributed by atoms with E-state index in [1.165, 1.54) is 11.3 Å². The highest BCUT2D eigenvalue weighted by molar-refractivity contribution is 7.15. The molecule has 1 aliphatic rings. The Kier molecular flexibility index (Phi) is 5.13. The summed E-state index contributed by atoms with van der Waals surface area (Å²) >= 11 is 1.46. The number of carbonyl (C=O) groups excluding carboxylic acids is 1. The van der Waals surface area contributed by atoms with Gasteiger partial charge in [0.15, 0.2) is 4.96 Å². The molecule has 4 heterocycles. The second kappa shape index (κ2) is 8.09. The SMILES string of the molecule is Cc1ccnn1-c1ccc(C(=O)N2CCN(Cc3cc(=O)n4ccsc4n3)CC2)cc1. The molecule has 1 fully saturated rings. The summed E-state index contributed by atoms with van der Waals surface area (Å²) in [6.07, 6.45) is 3.50. The van der Waals surface area contributed by atoms with Gasteiger partial charge in [0.25, 0.3) is 11.5 Å². The minimum atomic E-state index is -0.0520. The van der Waals surface area contributed by atoms with Crippen LogP contribution in [0.5, 0.6) is 0 Å². The summed E-state index contributed by atoms with van der Waals surface area (Å²) in [5.74, 6) is 0.0414. The first-order valence-electron chi connectivity index (χ1n) is 10.2. The van der Waals surface area contributed by atoms with Crippen molar-refractivity contribution in [3.05, 3.63) is 81.5 Å². The van der Waals surface area contributed by atoms with Crippen molar-refractivity contribution in [3.63, 3.8) is 0 Å². The molecule has 0 spiro atoms. The molecule has 3 aromatic heterocycles. The Balaban J connectivity index is 1.21. The smallest absolute Gasteiger partial charge is 0.258 e. The summed E-state index contributed by atoms with van der Waals surface area (Å²) in [6, 6.07) is 11.1. The lowest BCUT2D eigenvalue weighted by Crippen LogP contribution is -2.48. The van der Waals surface area contributed by atoms with Gasteiger partial charge in [-0.2, -0.15) is 5.10 Å². The number of benzene rings is 1. The Morgan fingerprint density at radius 3 is 2.58 bits per heavy atom. The van der Waals surface area contributed by atoms with Gasteiger partial charge in [-0.25, -0.2) is 9.67 Å². The first-order valence-corrected chi connectivity index (χ1v) is 11.0. The zero-order valence-electron chi connectivity index (χ0n) is 17.1. The highest BCUT2D eigenvalue weighted by atomic mass is 32.1. The van der Waals surface area contributed by atoms with E-state index in [1.54, 1.807) is 22.9 Å². The summed E-state index contributed by atoms with van der Waals surface area (Å²) in [5, 5.41) is 6.16. The van der Waals surface area contributed by atoms with Gasteiger partial charge in [0.2, 0.25) is 0 Å². The van der Waals surface area contributed by atoms with Gasteiger partial charge in [-0.1, -0.05) is 0 Å². The molecule has 0 N–H and O–H groups in total. The molecule has 1 aromatic carbocycles. The molecule has 31 heavy (non-hydrogen) atoms. The fraction of sp³-hybridized carbons (Fsp3) is 0.273. The summed E-state index contributed by atoms with van der Waals surface area (Å²) in [5.41, 5.74) is 3.39. The Morgan fingerprint density at radius 2 is 1.87 bits per heavy atom. The highest BCUT2D eigenvalue weighted by Gasteiger charge is 2.22. The van der Waals surface area contributed by atoms with E-state index in [-0.39, 0.29) is 11.5 Å². The van der Waals surface area contributed by atoms with E-state index in [1.807, 2.05) is 52.2 Å². The van der Waals surface area contributed by atoms with Crippen LogP contribution >= 0.6 is 11.3 Å². The van der Waals surface area contributed by atoms with Crippen LogP contribution in [-0.4, -0.2) is 61.1 Å². The van der Waals surface area contributed by atoms with E-state index in [0.29, 0.717) is 30.2 Å². The van der Waals surface area contributed by atoms with E-state index >= 15 is 0 Å². The maximum atomic E-state index is 12.9. The van der Waals surface area contributed by atoms with Crippen molar-refractivity contribution in [2.45, 2.75) is 13.5 Å². The number of amides is 1. The molecular weight excluding hydrogens is 412 g/mol. The fourth-order valence-electron chi connectivity index (χ4n) is 3.87. The normalized spacial score (nSPS) is 14.9. The molecule has 0 atom stereocenters. The minimum Gasteiger partial charge on any atom is -0.336 e. The molecule has 1 amide bonds. The van der Waals surface area contributed by atoms with Gasteiger partial charge in [0.05, 0.1) is 11.4 Å². The van der Waals surface area contributed by atoms with E-state index in [4.69, 9.17) is 0 Å². The van der Waals surface area contributed by atoms with E-state index < -0.39 is 0 Å². The van der Waals surface area contributed by atoms with E-state index in [2.05, 4.69) is 15.0 Å². The molecule has 1 saturated heterocycles. The van der Waals surface area contributed by atoms with Crippen molar-refractivity contribution in [3.8, 4) is 5.69 Å². The molecule has 158 valence electrons. The molecule has 5 rings (SSSR count). The number of rotatable bonds is 4. The third-order valence-electron chi connectivity index (χ3n) is 5.59. The minimum absolute atomic E-state index is 0.0414. The molecule has 8 nitrogen and oxygen atoms in total. The van der Waals surface area contributed by atoms with Crippen LogP contribution < -0.4 is 5.56 Å². The number of aromatic nitrogens is 4. The standard InChI is InChI=1S/C22H22N6O2S/c1-16-6-7-23-28(16)19-4-2-17(3-5-19)21(30)26-10-8-25(9-11-26)15-18-14-20(29)27-12-13-31-22(27)24-18/h2-7,12-14H,8-11,15H2,1H3. The molecular formula is C22H22N6O2S. The summed E-state index contributed by atoms with van der Waals surface area (Å²) in [4.78, 5) is 34.5. The number of carbonyl (C=O) groups is 1. The second-order valence-electron chi connectivity index (χ2n) is 7.64. The van der Waals surface area contributed by atoms with E-state index in [9.17, 15) is 9.59 Å². The average Bonchev–Trinajstić information content (AvgIpc) is 3.43. The Bertz CT molecular complexity index is 1280. The molecule has 9 heteroatoms. The Labute approximate surface area is 183 Å². The molecule has 0 radical (unpaired) electrons. The predicted octanol–water partition coefficient (Wildman–Crippen LogP) is 2.21.